The molecule has 0 radical (unpaired) electrons. The van der Waals surface area contributed by atoms with Gasteiger partial charge in [0.2, 0.25) is 16.0 Å². The van der Waals surface area contributed by atoms with Crippen LogP contribution in [0.25, 0.3) is 0 Å². The number of halogens is 1. The summed E-state index contributed by atoms with van der Waals surface area (Å²) in [7, 11) is -0.248. The van der Waals surface area contributed by atoms with Gasteiger partial charge in [0.05, 0.1) is 12.3 Å². The number of aryl methyl sites for hydroxylation is 1. The number of hydrogen-bond donors (Lipinski definition) is 1. The van der Waals surface area contributed by atoms with Crippen LogP contribution in [0.3, 0.4) is 0 Å². The number of hydrogen-bond acceptors (Lipinski definition) is 5. The van der Waals surface area contributed by atoms with Gasteiger partial charge in [-0.1, -0.05) is 0 Å². The largest absolute Gasteiger partial charge is 0.366 e. The second kappa shape index (κ2) is 4.45. The van der Waals surface area contributed by atoms with Crippen LogP contribution >= 0.6 is 15.9 Å². The Labute approximate surface area is 96.4 Å². The van der Waals surface area contributed by atoms with Crippen molar-refractivity contribution in [2.24, 2.45) is 0 Å². The number of rotatable bonds is 4. The first kappa shape index (κ1) is 12.4. The molecule has 9 heteroatoms. The van der Waals surface area contributed by atoms with E-state index in [0.29, 0.717) is 4.73 Å². The SMILES string of the molecule is CN(C)S(=O)(=O)CCn1nc(N)nc1Br. The number of nitrogens with zero attached hydrogens (tertiary/aromatic N) is 4. The molecule has 0 atom stereocenters. The first-order valence-electron chi connectivity index (χ1n) is 4.09. The lowest BCUT2D eigenvalue weighted by molar-refractivity contribution is 0.510. The maximum absolute atomic E-state index is 11.4. The minimum atomic E-state index is -3.22. The van der Waals surface area contributed by atoms with Gasteiger partial charge in [0.25, 0.3) is 0 Å². The highest BCUT2D eigenvalue weighted by molar-refractivity contribution is 9.10. The molecule has 0 amide bonds. The summed E-state index contributed by atoms with van der Waals surface area (Å²) < 4.78 is 25.9. The van der Waals surface area contributed by atoms with Crippen molar-refractivity contribution >= 4 is 31.9 Å². The Bertz CT molecular complexity index is 440. The molecule has 0 aliphatic heterocycles. The molecule has 0 aliphatic rings. The smallest absolute Gasteiger partial charge is 0.240 e. The van der Waals surface area contributed by atoms with E-state index in [1.54, 1.807) is 0 Å². The minimum absolute atomic E-state index is 0.0403. The average molecular weight is 298 g/mol. The quantitative estimate of drug-likeness (QED) is 0.810. The molecule has 1 rings (SSSR count). The van der Waals surface area contributed by atoms with Crippen molar-refractivity contribution in [1.29, 1.82) is 0 Å². The standard InChI is InChI=1S/C6H12BrN5O2S/c1-11(2)15(13,14)4-3-12-5(7)9-6(8)10-12/h3-4H2,1-2H3,(H2,8,10). The highest BCUT2D eigenvalue weighted by Gasteiger charge is 2.15. The summed E-state index contributed by atoms with van der Waals surface area (Å²) in [4.78, 5) is 3.79. The molecule has 7 nitrogen and oxygen atoms in total. The monoisotopic (exact) mass is 297 g/mol. The molecule has 0 spiro atoms. The third-order valence-electron chi connectivity index (χ3n) is 1.76. The van der Waals surface area contributed by atoms with Gasteiger partial charge in [-0.05, 0) is 15.9 Å². The molecule has 1 aromatic heterocycles. The summed E-state index contributed by atoms with van der Waals surface area (Å²) in [6, 6.07) is 0. The van der Waals surface area contributed by atoms with E-state index < -0.39 is 10.0 Å². The zero-order valence-electron chi connectivity index (χ0n) is 8.38. The Hall–Kier alpha value is -0.670. The van der Waals surface area contributed by atoms with Crippen LogP contribution < -0.4 is 5.73 Å². The van der Waals surface area contributed by atoms with Crippen molar-refractivity contribution in [2.45, 2.75) is 6.54 Å². The highest BCUT2D eigenvalue weighted by Crippen LogP contribution is 2.08. The van der Waals surface area contributed by atoms with Crippen LogP contribution in [0.5, 0.6) is 0 Å². The van der Waals surface area contributed by atoms with Crippen molar-refractivity contribution < 1.29 is 8.42 Å². The molecule has 0 aliphatic carbocycles. The van der Waals surface area contributed by atoms with E-state index in [1.165, 1.54) is 23.1 Å². The molecule has 1 heterocycles. The van der Waals surface area contributed by atoms with Gasteiger partial charge >= 0.3 is 0 Å². The van der Waals surface area contributed by atoms with Gasteiger partial charge in [-0.2, -0.15) is 4.98 Å². The number of anilines is 1. The predicted octanol–water partition coefficient (Wildman–Crippen LogP) is -0.486. The third kappa shape index (κ3) is 3.14. The molecule has 0 unspecified atom stereocenters. The Balaban J connectivity index is 2.70. The molecule has 0 aromatic carbocycles. The second-order valence-corrected chi connectivity index (χ2v) is 6.07. The van der Waals surface area contributed by atoms with Gasteiger partial charge in [-0.15, -0.1) is 5.10 Å². The minimum Gasteiger partial charge on any atom is -0.366 e. The molecule has 86 valence electrons. The Morgan fingerprint density at radius 1 is 1.53 bits per heavy atom. The molecule has 1 aromatic rings. The lowest BCUT2D eigenvalue weighted by atomic mass is 10.8. The van der Waals surface area contributed by atoms with Gasteiger partial charge in [0, 0.05) is 14.1 Å². The second-order valence-electron chi connectivity index (χ2n) is 3.06. The Morgan fingerprint density at radius 2 is 2.13 bits per heavy atom. The highest BCUT2D eigenvalue weighted by atomic mass is 79.9. The fourth-order valence-electron chi connectivity index (χ4n) is 0.866. The summed E-state index contributed by atoms with van der Waals surface area (Å²) >= 11 is 3.12. The van der Waals surface area contributed by atoms with Gasteiger partial charge in [0.1, 0.15) is 0 Å². The normalized spacial score (nSPS) is 12.3. The number of nitrogen functional groups attached to an aromatic ring is 1. The zero-order chi connectivity index (χ0) is 11.6. The van der Waals surface area contributed by atoms with E-state index >= 15 is 0 Å². The van der Waals surface area contributed by atoms with E-state index in [2.05, 4.69) is 26.0 Å². The molecular weight excluding hydrogens is 286 g/mol. The van der Waals surface area contributed by atoms with Crippen molar-refractivity contribution in [3.05, 3.63) is 4.73 Å². The van der Waals surface area contributed by atoms with Crippen LogP contribution in [0.4, 0.5) is 5.95 Å². The summed E-state index contributed by atoms with van der Waals surface area (Å²) in [5.74, 6) is 0.0747. The lowest BCUT2D eigenvalue weighted by Crippen LogP contribution is -2.27. The lowest BCUT2D eigenvalue weighted by Gasteiger charge is -2.10. The van der Waals surface area contributed by atoms with Crippen molar-refractivity contribution in [3.63, 3.8) is 0 Å². The molecule has 0 saturated carbocycles. The predicted molar refractivity (Wildman–Crippen MR) is 59.6 cm³/mol. The van der Waals surface area contributed by atoms with Crippen LogP contribution in [0.15, 0.2) is 4.73 Å². The van der Waals surface area contributed by atoms with Crippen molar-refractivity contribution in [3.8, 4) is 0 Å². The van der Waals surface area contributed by atoms with E-state index in [0.717, 1.165) is 0 Å². The van der Waals surface area contributed by atoms with Gasteiger partial charge in [-0.25, -0.2) is 17.4 Å². The van der Waals surface area contributed by atoms with Gasteiger partial charge in [-0.3, -0.25) is 0 Å². The first-order valence-corrected chi connectivity index (χ1v) is 6.49. The maximum atomic E-state index is 11.4. The molecule has 0 bridgehead atoms. The first-order chi connectivity index (χ1) is 6.83. The van der Waals surface area contributed by atoms with Crippen molar-refractivity contribution in [2.75, 3.05) is 25.6 Å². The van der Waals surface area contributed by atoms with Crippen molar-refractivity contribution in [1.82, 2.24) is 19.1 Å². The molecule has 15 heavy (non-hydrogen) atoms. The summed E-state index contributed by atoms with van der Waals surface area (Å²) in [5, 5.41) is 3.83. The number of nitrogens with two attached hydrogens (primary N) is 1. The fraction of sp³-hybridized carbons (Fsp3) is 0.667. The number of aromatic nitrogens is 3. The van der Waals surface area contributed by atoms with E-state index in [4.69, 9.17) is 5.73 Å². The fourth-order valence-corrected chi connectivity index (χ4v) is 2.07. The van der Waals surface area contributed by atoms with Crippen LogP contribution in [0, 0.1) is 0 Å². The molecule has 0 saturated heterocycles. The van der Waals surface area contributed by atoms with E-state index in [-0.39, 0.29) is 18.2 Å². The topological polar surface area (TPSA) is 94.1 Å². The van der Waals surface area contributed by atoms with Crippen LogP contribution in [-0.4, -0.2) is 47.3 Å². The van der Waals surface area contributed by atoms with Crippen LogP contribution in [-0.2, 0) is 16.6 Å². The average Bonchev–Trinajstić information content (AvgIpc) is 2.41. The third-order valence-corrected chi connectivity index (χ3v) is 4.16. The molecular formula is C6H12BrN5O2S. The zero-order valence-corrected chi connectivity index (χ0v) is 10.8. The Morgan fingerprint density at radius 3 is 2.53 bits per heavy atom. The maximum Gasteiger partial charge on any atom is 0.240 e. The van der Waals surface area contributed by atoms with Crippen LogP contribution in [0.1, 0.15) is 0 Å². The van der Waals surface area contributed by atoms with E-state index in [9.17, 15) is 8.42 Å². The molecule has 0 fully saturated rings. The van der Waals surface area contributed by atoms with E-state index in [1.807, 2.05) is 0 Å². The summed E-state index contributed by atoms with van der Waals surface area (Å²) in [5.41, 5.74) is 5.35. The summed E-state index contributed by atoms with van der Waals surface area (Å²) in [6.45, 7) is 0.214. The van der Waals surface area contributed by atoms with Gasteiger partial charge in [0.15, 0.2) is 4.73 Å². The molecule has 2 N–H and O–H groups in total. The van der Waals surface area contributed by atoms with Crippen LogP contribution in [0.2, 0.25) is 0 Å². The summed E-state index contributed by atoms with van der Waals surface area (Å²) in [6.07, 6.45) is 0. The number of sulfonamides is 1. The Kier molecular flexibility index (Phi) is 3.68. The van der Waals surface area contributed by atoms with Gasteiger partial charge < -0.3 is 5.73 Å².